The second-order valence-electron chi connectivity index (χ2n) is 5.39. The molecule has 0 bridgehead atoms. The highest BCUT2D eigenvalue weighted by molar-refractivity contribution is 7.89. The van der Waals surface area contributed by atoms with Gasteiger partial charge in [-0.15, -0.1) is 0 Å². The molecule has 0 saturated carbocycles. The van der Waals surface area contributed by atoms with Gasteiger partial charge in [0.2, 0.25) is 10.0 Å². The van der Waals surface area contributed by atoms with Crippen molar-refractivity contribution in [2.75, 3.05) is 32.8 Å². The Morgan fingerprint density at radius 3 is 2.77 bits per heavy atom. The number of hydrogen-bond donors (Lipinski definition) is 1. The highest BCUT2D eigenvalue weighted by Crippen LogP contribution is 2.18. The van der Waals surface area contributed by atoms with Crippen LogP contribution in [0.2, 0.25) is 0 Å². The minimum atomic E-state index is -4.00. The largest absolute Gasteiger partial charge is 0.379 e. The van der Waals surface area contributed by atoms with Crippen LogP contribution >= 0.6 is 0 Å². The van der Waals surface area contributed by atoms with Crippen LogP contribution in [0.4, 0.5) is 8.78 Å². The molecular weight excluding hydrogens is 314 g/mol. The fourth-order valence-corrected chi connectivity index (χ4v) is 3.49. The van der Waals surface area contributed by atoms with Crippen molar-refractivity contribution in [2.24, 2.45) is 0 Å². The van der Waals surface area contributed by atoms with Gasteiger partial charge in [-0.3, -0.25) is 4.90 Å². The van der Waals surface area contributed by atoms with E-state index in [2.05, 4.69) is 9.62 Å². The fourth-order valence-electron chi connectivity index (χ4n) is 2.33. The number of benzene rings is 1. The number of aryl methyl sites for hydroxylation is 1. The van der Waals surface area contributed by atoms with Gasteiger partial charge in [-0.1, -0.05) is 0 Å². The minimum Gasteiger partial charge on any atom is -0.379 e. The van der Waals surface area contributed by atoms with Crippen LogP contribution in [0.25, 0.3) is 0 Å². The maximum atomic E-state index is 13.7. The summed E-state index contributed by atoms with van der Waals surface area (Å²) in [6, 6.07) is 1.81. The first-order chi connectivity index (χ1) is 10.3. The quantitative estimate of drug-likeness (QED) is 0.881. The number of hydrogen-bond acceptors (Lipinski definition) is 4. The van der Waals surface area contributed by atoms with Crippen molar-refractivity contribution in [1.29, 1.82) is 0 Å². The van der Waals surface area contributed by atoms with E-state index in [9.17, 15) is 17.2 Å². The van der Waals surface area contributed by atoms with Gasteiger partial charge >= 0.3 is 0 Å². The van der Waals surface area contributed by atoms with Crippen LogP contribution in [-0.4, -0.2) is 52.2 Å². The van der Waals surface area contributed by atoms with E-state index in [1.807, 2.05) is 6.92 Å². The highest BCUT2D eigenvalue weighted by atomic mass is 32.2. The van der Waals surface area contributed by atoms with Crippen molar-refractivity contribution < 1.29 is 21.9 Å². The molecule has 0 aliphatic carbocycles. The average Bonchev–Trinajstić information content (AvgIpc) is 2.44. The number of sulfonamides is 1. The molecule has 0 spiro atoms. The van der Waals surface area contributed by atoms with E-state index in [0.717, 1.165) is 12.6 Å². The van der Waals surface area contributed by atoms with Crippen molar-refractivity contribution in [3.05, 3.63) is 29.3 Å². The molecule has 1 atom stereocenters. The first-order valence-corrected chi connectivity index (χ1v) is 8.56. The van der Waals surface area contributed by atoms with Crippen LogP contribution in [0.3, 0.4) is 0 Å². The van der Waals surface area contributed by atoms with E-state index in [0.29, 0.717) is 25.8 Å². The van der Waals surface area contributed by atoms with Gasteiger partial charge in [0.05, 0.1) is 13.2 Å². The lowest BCUT2D eigenvalue weighted by molar-refractivity contribution is 0.000988. The Labute approximate surface area is 129 Å². The molecule has 0 amide bonds. The summed E-state index contributed by atoms with van der Waals surface area (Å²) < 4.78 is 58.8. The molecule has 0 radical (unpaired) electrons. The van der Waals surface area contributed by atoms with Crippen molar-refractivity contribution in [1.82, 2.24) is 9.62 Å². The Morgan fingerprint density at radius 1 is 1.36 bits per heavy atom. The van der Waals surface area contributed by atoms with Gasteiger partial charge < -0.3 is 4.74 Å². The van der Waals surface area contributed by atoms with Crippen LogP contribution in [-0.2, 0) is 14.8 Å². The zero-order valence-electron chi connectivity index (χ0n) is 12.6. The van der Waals surface area contributed by atoms with Gasteiger partial charge in [-0.2, -0.15) is 0 Å². The van der Waals surface area contributed by atoms with E-state index in [1.165, 1.54) is 6.92 Å². The first kappa shape index (κ1) is 17.3. The maximum Gasteiger partial charge on any atom is 0.243 e. The predicted octanol–water partition coefficient (Wildman–Crippen LogP) is 1.27. The Bertz CT molecular complexity index is 637. The van der Waals surface area contributed by atoms with Gasteiger partial charge in [-0.05, 0) is 25.5 Å². The molecule has 0 unspecified atom stereocenters. The minimum absolute atomic E-state index is 0.0866. The smallest absolute Gasteiger partial charge is 0.243 e. The normalized spacial score (nSPS) is 20.3. The topological polar surface area (TPSA) is 58.6 Å². The van der Waals surface area contributed by atoms with Gasteiger partial charge in [-0.25, -0.2) is 21.9 Å². The summed E-state index contributed by atoms with van der Waals surface area (Å²) in [6.45, 7) is 6.00. The lowest BCUT2D eigenvalue weighted by Gasteiger charge is -2.33. The van der Waals surface area contributed by atoms with Crippen LogP contribution in [0.5, 0.6) is 0 Å². The zero-order chi connectivity index (χ0) is 16.3. The molecule has 1 aliphatic rings. The van der Waals surface area contributed by atoms with Gasteiger partial charge in [0, 0.05) is 31.7 Å². The Balaban J connectivity index is 2.01. The Hall–Kier alpha value is -1.09. The fraction of sp³-hybridized carbons (Fsp3) is 0.571. The van der Waals surface area contributed by atoms with E-state index in [1.54, 1.807) is 0 Å². The molecule has 0 aromatic heterocycles. The summed E-state index contributed by atoms with van der Waals surface area (Å²) in [5.41, 5.74) is 0.0866. The average molecular weight is 334 g/mol. The zero-order valence-corrected chi connectivity index (χ0v) is 13.4. The van der Waals surface area contributed by atoms with Crippen LogP contribution in [0, 0.1) is 18.6 Å². The molecule has 1 fully saturated rings. The maximum absolute atomic E-state index is 13.7. The lowest BCUT2D eigenvalue weighted by Crippen LogP contribution is -2.46. The number of nitrogens with zero attached hydrogens (tertiary/aromatic N) is 1. The van der Waals surface area contributed by atoms with E-state index in [4.69, 9.17) is 4.74 Å². The van der Waals surface area contributed by atoms with Crippen LogP contribution < -0.4 is 4.72 Å². The third-order valence-corrected chi connectivity index (χ3v) is 5.18. The molecule has 22 heavy (non-hydrogen) atoms. The van der Waals surface area contributed by atoms with Crippen molar-refractivity contribution in [2.45, 2.75) is 24.8 Å². The molecule has 5 nitrogen and oxygen atoms in total. The second kappa shape index (κ2) is 6.99. The van der Waals surface area contributed by atoms with Gasteiger partial charge in [0.25, 0.3) is 0 Å². The van der Waals surface area contributed by atoms with Gasteiger partial charge in [0.15, 0.2) is 0 Å². The number of ether oxygens (including phenoxy) is 1. The lowest BCUT2D eigenvalue weighted by atomic mass is 10.2. The van der Waals surface area contributed by atoms with E-state index in [-0.39, 0.29) is 18.2 Å². The molecule has 1 N–H and O–H groups in total. The monoisotopic (exact) mass is 334 g/mol. The Morgan fingerprint density at radius 2 is 2.09 bits per heavy atom. The standard InChI is InChI=1S/C14H20F2N2O3S/c1-10-7-14(13(16)8-12(10)15)22(19,20)17-3-4-18-5-6-21-9-11(18)2/h7-8,11,17H,3-6,9H2,1-2H3/t11-/m0/s1. The molecule has 1 saturated heterocycles. The molecule has 8 heteroatoms. The van der Waals surface area contributed by atoms with Gasteiger partial charge in [0.1, 0.15) is 16.5 Å². The summed E-state index contributed by atoms with van der Waals surface area (Å²) in [7, 11) is -4.00. The first-order valence-electron chi connectivity index (χ1n) is 7.08. The number of morpholine rings is 1. The number of nitrogens with one attached hydrogen (secondary N) is 1. The molecular formula is C14H20F2N2O3S. The second-order valence-corrected chi connectivity index (χ2v) is 7.12. The summed E-state index contributed by atoms with van der Waals surface area (Å²) in [5.74, 6) is -1.85. The molecule has 1 aliphatic heterocycles. The SMILES string of the molecule is Cc1cc(S(=O)(=O)NCCN2CCOC[C@@H]2C)c(F)cc1F. The van der Waals surface area contributed by atoms with Crippen LogP contribution in [0.15, 0.2) is 17.0 Å². The van der Waals surface area contributed by atoms with E-state index >= 15 is 0 Å². The van der Waals surface area contributed by atoms with Crippen molar-refractivity contribution >= 4 is 10.0 Å². The molecule has 124 valence electrons. The summed E-state index contributed by atoms with van der Waals surface area (Å²) >= 11 is 0. The third kappa shape index (κ3) is 4.01. The van der Waals surface area contributed by atoms with Crippen molar-refractivity contribution in [3.63, 3.8) is 0 Å². The molecule has 1 heterocycles. The van der Waals surface area contributed by atoms with E-state index < -0.39 is 26.6 Å². The third-order valence-electron chi connectivity index (χ3n) is 3.70. The molecule has 2 rings (SSSR count). The van der Waals surface area contributed by atoms with Crippen molar-refractivity contribution in [3.8, 4) is 0 Å². The number of rotatable bonds is 5. The van der Waals surface area contributed by atoms with Crippen LogP contribution in [0.1, 0.15) is 12.5 Å². The Kier molecular flexibility index (Phi) is 5.49. The summed E-state index contributed by atoms with van der Waals surface area (Å²) in [5, 5.41) is 0. The summed E-state index contributed by atoms with van der Waals surface area (Å²) in [4.78, 5) is 1.57. The molecule has 1 aromatic carbocycles. The summed E-state index contributed by atoms with van der Waals surface area (Å²) in [6.07, 6.45) is 0. The predicted molar refractivity (Wildman–Crippen MR) is 78.1 cm³/mol. The highest BCUT2D eigenvalue weighted by Gasteiger charge is 2.22. The molecule has 1 aromatic rings. The number of halogens is 2.